The molecule has 3 aromatic rings. The average Bonchev–Trinajstić information content (AvgIpc) is 2.67. The average molecular weight is 379 g/mol. The maximum absolute atomic E-state index is 12.3. The highest BCUT2D eigenvalue weighted by atomic mass is 32.2. The standard InChI is InChI=1S/C21H21N3O2S/c1-14-8-10-16(11-9-14)18-12-15(2)22-21(24-18)27-13-20(25)23-17-6-4-5-7-19(17)26-3/h4-12H,13H2,1-3H3,(H,23,25). The molecule has 1 aromatic heterocycles. The van der Waals surface area contributed by atoms with Gasteiger partial charge in [-0.25, -0.2) is 9.97 Å². The zero-order chi connectivity index (χ0) is 19.2. The monoisotopic (exact) mass is 379 g/mol. The molecule has 0 aliphatic heterocycles. The van der Waals surface area contributed by atoms with Crippen LogP contribution in [0.3, 0.4) is 0 Å². The fraction of sp³-hybridized carbons (Fsp3) is 0.190. The summed E-state index contributed by atoms with van der Waals surface area (Å²) in [6, 6.07) is 17.5. The molecule has 1 amide bonds. The first-order valence-corrected chi connectivity index (χ1v) is 9.52. The van der Waals surface area contributed by atoms with Gasteiger partial charge in [-0.05, 0) is 32.0 Å². The number of aromatic nitrogens is 2. The van der Waals surface area contributed by atoms with Crippen molar-refractivity contribution in [2.45, 2.75) is 19.0 Å². The van der Waals surface area contributed by atoms with Crippen molar-refractivity contribution in [3.05, 3.63) is 65.9 Å². The third-order valence-corrected chi connectivity index (χ3v) is 4.74. The van der Waals surface area contributed by atoms with Crippen LogP contribution in [0.1, 0.15) is 11.3 Å². The van der Waals surface area contributed by atoms with Crippen LogP contribution in [0.4, 0.5) is 5.69 Å². The Bertz CT molecular complexity index is 942. The van der Waals surface area contributed by atoms with Gasteiger partial charge in [-0.15, -0.1) is 0 Å². The van der Waals surface area contributed by atoms with Gasteiger partial charge in [-0.3, -0.25) is 4.79 Å². The van der Waals surface area contributed by atoms with Crippen molar-refractivity contribution in [1.82, 2.24) is 9.97 Å². The van der Waals surface area contributed by atoms with E-state index in [9.17, 15) is 4.79 Å². The minimum atomic E-state index is -0.133. The Kier molecular flexibility index (Phi) is 6.08. The van der Waals surface area contributed by atoms with Gasteiger partial charge < -0.3 is 10.1 Å². The lowest BCUT2D eigenvalue weighted by Gasteiger charge is -2.10. The van der Waals surface area contributed by atoms with Gasteiger partial charge in [0.2, 0.25) is 5.91 Å². The molecule has 0 saturated carbocycles. The predicted octanol–water partition coefficient (Wildman–Crippen LogP) is 4.50. The van der Waals surface area contributed by atoms with Gasteiger partial charge in [-0.1, -0.05) is 53.7 Å². The Hall–Kier alpha value is -2.86. The zero-order valence-electron chi connectivity index (χ0n) is 15.5. The number of methoxy groups -OCH3 is 1. The second-order valence-corrected chi connectivity index (χ2v) is 7.02. The maximum atomic E-state index is 12.3. The molecular formula is C21H21N3O2S. The summed E-state index contributed by atoms with van der Waals surface area (Å²) in [5.74, 6) is 0.713. The molecule has 138 valence electrons. The van der Waals surface area contributed by atoms with E-state index in [0.717, 1.165) is 17.0 Å². The van der Waals surface area contributed by atoms with Crippen LogP contribution >= 0.6 is 11.8 Å². The molecule has 27 heavy (non-hydrogen) atoms. The number of nitrogens with one attached hydrogen (secondary N) is 1. The molecule has 2 aromatic carbocycles. The van der Waals surface area contributed by atoms with Crippen molar-refractivity contribution in [1.29, 1.82) is 0 Å². The molecule has 0 aliphatic rings. The first kappa shape index (κ1) is 18.9. The molecule has 6 heteroatoms. The van der Waals surface area contributed by atoms with Crippen molar-refractivity contribution in [3.8, 4) is 17.0 Å². The number of benzene rings is 2. The zero-order valence-corrected chi connectivity index (χ0v) is 16.3. The minimum Gasteiger partial charge on any atom is -0.495 e. The summed E-state index contributed by atoms with van der Waals surface area (Å²) in [5.41, 5.74) is 4.61. The highest BCUT2D eigenvalue weighted by Crippen LogP contribution is 2.25. The molecule has 1 N–H and O–H groups in total. The second kappa shape index (κ2) is 8.68. The fourth-order valence-electron chi connectivity index (χ4n) is 2.54. The number of rotatable bonds is 6. The van der Waals surface area contributed by atoms with Crippen LogP contribution in [-0.4, -0.2) is 28.7 Å². The number of hydrogen-bond donors (Lipinski definition) is 1. The maximum Gasteiger partial charge on any atom is 0.234 e. The number of thioether (sulfide) groups is 1. The highest BCUT2D eigenvalue weighted by Gasteiger charge is 2.10. The van der Waals surface area contributed by atoms with Gasteiger partial charge in [0.15, 0.2) is 5.16 Å². The summed E-state index contributed by atoms with van der Waals surface area (Å²) >= 11 is 1.31. The molecule has 0 atom stereocenters. The van der Waals surface area contributed by atoms with Gasteiger partial charge in [0, 0.05) is 11.3 Å². The van der Waals surface area contributed by atoms with Gasteiger partial charge in [-0.2, -0.15) is 0 Å². The lowest BCUT2D eigenvalue weighted by atomic mass is 10.1. The summed E-state index contributed by atoms with van der Waals surface area (Å²) < 4.78 is 5.25. The van der Waals surface area contributed by atoms with E-state index in [2.05, 4.69) is 34.3 Å². The molecular weight excluding hydrogens is 358 g/mol. The van der Waals surface area contributed by atoms with Crippen molar-refractivity contribution >= 4 is 23.4 Å². The molecule has 0 bridgehead atoms. The third-order valence-electron chi connectivity index (χ3n) is 3.89. The van der Waals surface area contributed by atoms with Crippen molar-refractivity contribution in [2.24, 2.45) is 0 Å². The lowest BCUT2D eigenvalue weighted by molar-refractivity contribution is -0.113. The van der Waals surface area contributed by atoms with Crippen molar-refractivity contribution in [2.75, 3.05) is 18.2 Å². The highest BCUT2D eigenvalue weighted by molar-refractivity contribution is 7.99. The number of carbonyl (C=O) groups excluding carboxylic acids is 1. The number of anilines is 1. The van der Waals surface area contributed by atoms with E-state index < -0.39 is 0 Å². The first-order chi connectivity index (χ1) is 13.0. The Morgan fingerprint density at radius 3 is 2.56 bits per heavy atom. The van der Waals surface area contributed by atoms with Crippen LogP contribution in [0.5, 0.6) is 5.75 Å². The van der Waals surface area contributed by atoms with Crippen LogP contribution in [-0.2, 0) is 4.79 Å². The second-order valence-electron chi connectivity index (χ2n) is 6.08. The molecule has 0 radical (unpaired) electrons. The topological polar surface area (TPSA) is 64.1 Å². The lowest BCUT2D eigenvalue weighted by Crippen LogP contribution is -2.15. The van der Waals surface area contributed by atoms with Gasteiger partial charge in [0.25, 0.3) is 0 Å². The first-order valence-electron chi connectivity index (χ1n) is 8.53. The molecule has 0 fully saturated rings. The summed E-state index contributed by atoms with van der Waals surface area (Å²) in [6.45, 7) is 3.98. The predicted molar refractivity (Wildman–Crippen MR) is 109 cm³/mol. The van der Waals surface area contributed by atoms with E-state index in [4.69, 9.17) is 4.74 Å². The fourth-order valence-corrected chi connectivity index (χ4v) is 3.25. The van der Waals surface area contributed by atoms with Gasteiger partial charge >= 0.3 is 0 Å². The van der Waals surface area contributed by atoms with E-state index in [0.29, 0.717) is 16.6 Å². The van der Waals surface area contributed by atoms with E-state index in [1.807, 2.05) is 37.3 Å². The van der Waals surface area contributed by atoms with Crippen LogP contribution in [0, 0.1) is 13.8 Å². The Morgan fingerprint density at radius 1 is 1.07 bits per heavy atom. The number of para-hydroxylation sites is 2. The summed E-state index contributed by atoms with van der Waals surface area (Å²) in [5, 5.41) is 3.44. The minimum absolute atomic E-state index is 0.133. The quantitative estimate of drug-likeness (QED) is 0.505. The number of ether oxygens (including phenoxy) is 1. The number of nitrogens with zero attached hydrogens (tertiary/aromatic N) is 2. The Balaban J connectivity index is 1.69. The summed E-state index contributed by atoms with van der Waals surface area (Å²) in [4.78, 5) is 21.3. The van der Waals surface area contributed by atoms with Gasteiger partial charge in [0.1, 0.15) is 5.75 Å². The van der Waals surface area contributed by atoms with Crippen LogP contribution in [0.25, 0.3) is 11.3 Å². The smallest absolute Gasteiger partial charge is 0.234 e. The van der Waals surface area contributed by atoms with E-state index >= 15 is 0 Å². The number of carbonyl (C=O) groups is 1. The third kappa shape index (κ3) is 5.08. The number of aryl methyl sites for hydroxylation is 2. The van der Waals surface area contributed by atoms with E-state index in [1.165, 1.54) is 17.3 Å². The molecule has 5 nitrogen and oxygen atoms in total. The normalized spacial score (nSPS) is 10.5. The van der Waals surface area contributed by atoms with Crippen molar-refractivity contribution < 1.29 is 9.53 Å². The SMILES string of the molecule is COc1ccccc1NC(=O)CSc1nc(C)cc(-c2ccc(C)cc2)n1. The summed E-state index contributed by atoms with van der Waals surface area (Å²) in [7, 11) is 1.58. The Morgan fingerprint density at radius 2 is 1.81 bits per heavy atom. The molecule has 1 heterocycles. The number of hydrogen-bond acceptors (Lipinski definition) is 5. The molecule has 0 unspecified atom stereocenters. The summed E-state index contributed by atoms with van der Waals surface area (Å²) in [6.07, 6.45) is 0. The van der Waals surface area contributed by atoms with Crippen LogP contribution < -0.4 is 10.1 Å². The van der Waals surface area contributed by atoms with Gasteiger partial charge in [0.05, 0.1) is 24.2 Å². The van der Waals surface area contributed by atoms with Crippen LogP contribution in [0.15, 0.2) is 59.8 Å². The Labute approximate surface area is 163 Å². The molecule has 0 saturated heterocycles. The van der Waals surface area contributed by atoms with E-state index in [1.54, 1.807) is 19.2 Å². The molecule has 3 rings (SSSR count). The molecule has 0 aliphatic carbocycles. The largest absolute Gasteiger partial charge is 0.495 e. The van der Waals surface area contributed by atoms with E-state index in [-0.39, 0.29) is 11.7 Å². The molecule has 0 spiro atoms. The van der Waals surface area contributed by atoms with Crippen molar-refractivity contribution in [3.63, 3.8) is 0 Å². The number of amides is 1. The van der Waals surface area contributed by atoms with Crippen LogP contribution in [0.2, 0.25) is 0 Å².